The summed E-state index contributed by atoms with van der Waals surface area (Å²) < 4.78 is 21.1. The first-order valence-corrected chi connectivity index (χ1v) is 11.3. The summed E-state index contributed by atoms with van der Waals surface area (Å²) in [5.74, 6) is -0.363. The van der Waals surface area contributed by atoms with Crippen LogP contribution in [-0.2, 0) is 4.79 Å². The summed E-state index contributed by atoms with van der Waals surface area (Å²) in [5, 5.41) is 4.44. The van der Waals surface area contributed by atoms with E-state index >= 15 is 0 Å². The number of primary amides is 1. The molecule has 1 saturated heterocycles. The molecule has 8 nitrogen and oxygen atoms in total. The standard InChI is InChI=1S/C26H24FN5O3/c1-2-22(33)31-13-11-16(12-14-31)19-15-29-32-24(25(28)34)23(30-26(19)32)17-7-9-18(10-8-17)35-21-6-4-3-5-20(21)27/h2-10,15-16,30H,1,11-14H2,(H2,28,34). The molecule has 178 valence electrons. The second-order valence-corrected chi connectivity index (χ2v) is 8.43. The van der Waals surface area contributed by atoms with Crippen molar-refractivity contribution in [1.82, 2.24) is 19.5 Å². The number of rotatable bonds is 6. The van der Waals surface area contributed by atoms with E-state index in [4.69, 9.17) is 10.5 Å². The van der Waals surface area contributed by atoms with E-state index in [0.717, 1.165) is 18.4 Å². The van der Waals surface area contributed by atoms with Gasteiger partial charge in [0.15, 0.2) is 17.3 Å². The Labute approximate surface area is 200 Å². The zero-order valence-electron chi connectivity index (χ0n) is 18.9. The number of nitrogens with two attached hydrogens (primary N) is 1. The van der Waals surface area contributed by atoms with Gasteiger partial charge >= 0.3 is 0 Å². The highest BCUT2D eigenvalue weighted by Crippen LogP contribution is 2.34. The highest BCUT2D eigenvalue weighted by molar-refractivity contribution is 5.98. The van der Waals surface area contributed by atoms with Crippen LogP contribution in [0, 0.1) is 5.82 Å². The smallest absolute Gasteiger partial charge is 0.269 e. The van der Waals surface area contributed by atoms with Crippen molar-refractivity contribution in [2.75, 3.05) is 13.1 Å². The van der Waals surface area contributed by atoms with Gasteiger partial charge in [0.1, 0.15) is 11.4 Å². The third-order valence-corrected chi connectivity index (χ3v) is 6.35. The number of halogens is 1. The Morgan fingerprint density at radius 2 is 1.86 bits per heavy atom. The quantitative estimate of drug-likeness (QED) is 0.408. The molecule has 2 amide bonds. The van der Waals surface area contributed by atoms with Crippen LogP contribution in [0.2, 0.25) is 0 Å². The predicted octanol–water partition coefficient (Wildman–Crippen LogP) is 4.25. The summed E-state index contributed by atoms with van der Waals surface area (Å²) in [5.41, 5.74) is 8.90. The summed E-state index contributed by atoms with van der Waals surface area (Å²) in [6.07, 6.45) is 4.65. The van der Waals surface area contributed by atoms with Crippen molar-refractivity contribution in [2.24, 2.45) is 5.73 Å². The van der Waals surface area contributed by atoms with Crippen molar-refractivity contribution in [3.63, 3.8) is 0 Å². The molecular weight excluding hydrogens is 449 g/mol. The van der Waals surface area contributed by atoms with Crippen LogP contribution in [0.4, 0.5) is 4.39 Å². The molecule has 3 heterocycles. The number of ether oxygens (including phenoxy) is 1. The zero-order valence-corrected chi connectivity index (χ0v) is 18.9. The lowest BCUT2D eigenvalue weighted by molar-refractivity contribution is -0.127. The fraction of sp³-hybridized carbons (Fsp3) is 0.192. The number of carbonyl (C=O) groups excluding carboxylic acids is 2. The van der Waals surface area contributed by atoms with E-state index in [1.807, 2.05) is 0 Å². The molecule has 0 spiro atoms. The molecule has 1 aliphatic heterocycles. The van der Waals surface area contributed by atoms with E-state index in [0.29, 0.717) is 35.7 Å². The summed E-state index contributed by atoms with van der Waals surface area (Å²) in [6, 6.07) is 13.1. The number of nitrogens with zero attached hydrogens (tertiary/aromatic N) is 3. The van der Waals surface area contributed by atoms with Gasteiger partial charge in [-0.15, -0.1) is 0 Å². The first-order valence-electron chi connectivity index (χ1n) is 11.3. The number of para-hydroxylation sites is 1. The van der Waals surface area contributed by atoms with Crippen LogP contribution in [0.15, 0.2) is 67.4 Å². The van der Waals surface area contributed by atoms with Crippen LogP contribution in [0.5, 0.6) is 11.5 Å². The molecular formula is C26H24FN5O3. The number of imidazole rings is 1. The highest BCUT2D eigenvalue weighted by atomic mass is 19.1. The van der Waals surface area contributed by atoms with Gasteiger partial charge in [-0.1, -0.05) is 18.7 Å². The normalized spacial score (nSPS) is 14.3. The van der Waals surface area contributed by atoms with Gasteiger partial charge in [-0.3, -0.25) is 9.59 Å². The summed E-state index contributed by atoms with van der Waals surface area (Å²) in [7, 11) is 0. The summed E-state index contributed by atoms with van der Waals surface area (Å²) in [6.45, 7) is 4.82. The number of carbonyl (C=O) groups is 2. The Hall–Kier alpha value is -4.40. The van der Waals surface area contributed by atoms with Gasteiger partial charge < -0.3 is 20.4 Å². The number of hydrogen-bond donors (Lipinski definition) is 2. The van der Waals surface area contributed by atoms with Crippen molar-refractivity contribution < 1.29 is 18.7 Å². The Bertz CT molecular complexity index is 1410. The number of hydrogen-bond acceptors (Lipinski definition) is 4. The van der Waals surface area contributed by atoms with E-state index in [9.17, 15) is 14.0 Å². The maximum Gasteiger partial charge on any atom is 0.269 e. The number of amides is 2. The molecule has 1 aliphatic rings. The second kappa shape index (κ2) is 9.09. The molecule has 0 atom stereocenters. The lowest BCUT2D eigenvalue weighted by Gasteiger charge is -2.30. The molecule has 0 aliphatic carbocycles. The van der Waals surface area contributed by atoms with Gasteiger partial charge in [-0.25, -0.2) is 8.91 Å². The molecule has 35 heavy (non-hydrogen) atoms. The molecule has 5 rings (SSSR count). The molecule has 0 unspecified atom stereocenters. The molecule has 0 saturated carbocycles. The number of benzene rings is 2. The molecule has 3 N–H and O–H groups in total. The van der Waals surface area contributed by atoms with E-state index in [-0.39, 0.29) is 23.3 Å². The average Bonchev–Trinajstić information content (AvgIpc) is 3.45. The fourth-order valence-electron chi connectivity index (χ4n) is 4.56. The SMILES string of the molecule is C=CC(=O)N1CCC(c2cnn3c(C(N)=O)c(-c4ccc(Oc5ccccc5F)cc4)[nH]c23)CC1. The summed E-state index contributed by atoms with van der Waals surface area (Å²) >= 11 is 0. The molecule has 2 aromatic heterocycles. The van der Waals surface area contributed by atoms with E-state index in [1.165, 1.54) is 16.7 Å². The van der Waals surface area contributed by atoms with Crippen molar-refractivity contribution in [3.05, 3.63) is 84.5 Å². The monoisotopic (exact) mass is 473 g/mol. The lowest BCUT2D eigenvalue weighted by Crippen LogP contribution is -2.36. The lowest BCUT2D eigenvalue weighted by atomic mass is 9.91. The van der Waals surface area contributed by atoms with Gasteiger partial charge in [0.2, 0.25) is 5.91 Å². The number of piperidine rings is 1. The van der Waals surface area contributed by atoms with Crippen LogP contribution < -0.4 is 10.5 Å². The maximum atomic E-state index is 13.9. The van der Waals surface area contributed by atoms with Crippen LogP contribution in [0.3, 0.4) is 0 Å². The van der Waals surface area contributed by atoms with E-state index in [2.05, 4.69) is 16.7 Å². The van der Waals surface area contributed by atoms with Gasteiger partial charge in [0.05, 0.1) is 11.9 Å². The Morgan fingerprint density at radius 1 is 1.14 bits per heavy atom. The van der Waals surface area contributed by atoms with Crippen molar-refractivity contribution >= 4 is 17.5 Å². The minimum absolute atomic E-state index is 0.0655. The largest absolute Gasteiger partial charge is 0.454 e. The maximum absolute atomic E-state index is 13.9. The number of aromatic nitrogens is 3. The first-order chi connectivity index (χ1) is 17.0. The van der Waals surface area contributed by atoms with Crippen LogP contribution in [0.1, 0.15) is 34.8 Å². The first kappa shape index (κ1) is 22.4. The zero-order chi connectivity index (χ0) is 24.5. The Balaban J connectivity index is 1.44. The van der Waals surface area contributed by atoms with Gasteiger partial charge in [0.25, 0.3) is 5.91 Å². The molecule has 0 radical (unpaired) electrons. The van der Waals surface area contributed by atoms with Crippen molar-refractivity contribution in [3.8, 4) is 22.8 Å². The molecule has 4 aromatic rings. The number of aromatic amines is 1. The molecule has 0 bridgehead atoms. The fourth-order valence-corrected chi connectivity index (χ4v) is 4.56. The van der Waals surface area contributed by atoms with Crippen molar-refractivity contribution in [1.29, 1.82) is 0 Å². The van der Waals surface area contributed by atoms with Crippen LogP contribution >= 0.6 is 0 Å². The minimum atomic E-state index is -0.612. The van der Waals surface area contributed by atoms with Crippen molar-refractivity contribution in [2.45, 2.75) is 18.8 Å². The second-order valence-electron chi connectivity index (χ2n) is 8.43. The highest BCUT2D eigenvalue weighted by Gasteiger charge is 2.28. The Kier molecular flexibility index (Phi) is 5.82. The molecule has 9 heteroatoms. The molecule has 1 fully saturated rings. The topological polar surface area (TPSA) is 106 Å². The van der Waals surface area contributed by atoms with Gasteiger partial charge in [-0.05, 0) is 61.2 Å². The Morgan fingerprint density at radius 3 is 2.51 bits per heavy atom. The summed E-state index contributed by atoms with van der Waals surface area (Å²) in [4.78, 5) is 29.4. The molecule has 2 aromatic carbocycles. The van der Waals surface area contributed by atoms with Crippen LogP contribution in [0.25, 0.3) is 16.9 Å². The minimum Gasteiger partial charge on any atom is -0.454 e. The van der Waals surface area contributed by atoms with E-state index < -0.39 is 11.7 Å². The number of fused-ring (bicyclic) bond motifs is 1. The van der Waals surface area contributed by atoms with Gasteiger partial charge in [0, 0.05) is 24.2 Å². The third kappa shape index (κ3) is 4.16. The number of H-pyrrole nitrogens is 1. The van der Waals surface area contributed by atoms with Gasteiger partial charge in [-0.2, -0.15) is 5.10 Å². The average molecular weight is 474 g/mol. The number of nitrogens with one attached hydrogen (secondary N) is 1. The van der Waals surface area contributed by atoms with Crippen LogP contribution in [-0.4, -0.2) is 44.4 Å². The third-order valence-electron chi connectivity index (χ3n) is 6.35. The number of likely N-dealkylation sites (tertiary alicyclic amines) is 1. The van der Waals surface area contributed by atoms with E-state index in [1.54, 1.807) is 53.6 Å². The predicted molar refractivity (Wildman–Crippen MR) is 129 cm³/mol.